The molecular weight excluding hydrogens is 260 g/mol. The molecule has 1 aliphatic rings. The smallest absolute Gasteiger partial charge is 0.150 e. The number of thioether (sulfide) groups is 1. The minimum atomic E-state index is -0.698. The molecule has 7 heteroatoms. The molecule has 17 heavy (non-hydrogen) atoms. The molecule has 1 rings (SSSR count). The van der Waals surface area contributed by atoms with Crippen molar-refractivity contribution in [2.45, 2.75) is 19.1 Å². The third-order valence-electron chi connectivity index (χ3n) is 2.22. The van der Waals surface area contributed by atoms with Gasteiger partial charge in [0.1, 0.15) is 9.57 Å². The fourth-order valence-corrected chi connectivity index (χ4v) is 2.54. The summed E-state index contributed by atoms with van der Waals surface area (Å²) in [6.45, 7) is 5.59. The van der Waals surface area contributed by atoms with Crippen molar-refractivity contribution in [3.63, 3.8) is 0 Å². The van der Waals surface area contributed by atoms with Gasteiger partial charge in [-0.15, -0.1) is 0 Å². The predicted molar refractivity (Wildman–Crippen MR) is 70.9 cm³/mol. The van der Waals surface area contributed by atoms with Crippen molar-refractivity contribution in [2.24, 2.45) is 0 Å². The molecule has 0 atom stereocenters. The standard InChI is InChI=1S/C10H16N2O3S2/c1-7(13)9(8(2)14)17-10(16)11-12-3-5-15-6-4-12/h9H,3-6H2,1-2H3,(H,11,16). The third-order valence-corrected chi connectivity index (χ3v) is 3.81. The molecule has 0 radical (unpaired) electrons. The molecule has 0 unspecified atom stereocenters. The van der Waals surface area contributed by atoms with Gasteiger partial charge < -0.3 is 10.2 Å². The Morgan fingerprint density at radius 1 is 1.29 bits per heavy atom. The van der Waals surface area contributed by atoms with E-state index in [0.29, 0.717) is 17.5 Å². The number of rotatable bonds is 4. The predicted octanol–water partition coefficient (Wildman–Crippen LogP) is 0.388. The maximum atomic E-state index is 11.3. The lowest BCUT2D eigenvalue weighted by Crippen LogP contribution is -2.47. The number of hydrogen-bond acceptors (Lipinski definition) is 6. The van der Waals surface area contributed by atoms with E-state index in [1.54, 1.807) is 0 Å². The molecule has 5 nitrogen and oxygen atoms in total. The van der Waals surface area contributed by atoms with Crippen LogP contribution in [-0.2, 0) is 14.3 Å². The van der Waals surface area contributed by atoms with Gasteiger partial charge in [-0.3, -0.25) is 9.59 Å². The molecule has 1 N–H and O–H groups in total. The van der Waals surface area contributed by atoms with Crippen LogP contribution >= 0.6 is 24.0 Å². The maximum Gasteiger partial charge on any atom is 0.150 e. The van der Waals surface area contributed by atoms with Gasteiger partial charge in [0.05, 0.1) is 13.2 Å². The summed E-state index contributed by atoms with van der Waals surface area (Å²) in [4.78, 5) is 22.5. The van der Waals surface area contributed by atoms with Crippen molar-refractivity contribution < 1.29 is 14.3 Å². The van der Waals surface area contributed by atoms with E-state index < -0.39 is 5.25 Å². The first kappa shape index (κ1) is 14.6. The van der Waals surface area contributed by atoms with Gasteiger partial charge in [0.2, 0.25) is 0 Å². The molecule has 0 aromatic rings. The molecular formula is C10H16N2O3S2. The monoisotopic (exact) mass is 276 g/mol. The number of nitrogens with one attached hydrogen (secondary N) is 1. The van der Waals surface area contributed by atoms with Gasteiger partial charge in [0.15, 0.2) is 11.6 Å². The number of hydrogen-bond donors (Lipinski definition) is 1. The Morgan fingerprint density at radius 2 is 1.82 bits per heavy atom. The van der Waals surface area contributed by atoms with E-state index in [4.69, 9.17) is 17.0 Å². The Balaban J connectivity index is 2.41. The van der Waals surface area contributed by atoms with Gasteiger partial charge in [0.25, 0.3) is 0 Å². The van der Waals surface area contributed by atoms with Crippen LogP contribution in [0.5, 0.6) is 0 Å². The van der Waals surface area contributed by atoms with E-state index in [1.165, 1.54) is 13.8 Å². The highest BCUT2D eigenvalue weighted by Crippen LogP contribution is 2.14. The first-order chi connectivity index (χ1) is 8.00. The average Bonchev–Trinajstić information content (AvgIpc) is 2.26. The summed E-state index contributed by atoms with van der Waals surface area (Å²) in [7, 11) is 0. The van der Waals surface area contributed by atoms with Gasteiger partial charge in [-0.25, -0.2) is 5.01 Å². The van der Waals surface area contributed by atoms with E-state index in [9.17, 15) is 9.59 Å². The second-order valence-corrected chi connectivity index (χ2v) is 5.50. The van der Waals surface area contributed by atoms with Crippen molar-refractivity contribution in [1.82, 2.24) is 10.4 Å². The molecule has 0 amide bonds. The fourth-order valence-electron chi connectivity index (χ4n) is 1.39. The summed E-state index contributed by atoms with van der Waals surface area (Å²) in [6.07, 6.45) is 0. The third kappa shape index (κ3) is 5.12. The van der Waals surface area contributed by atoms with Gasteiger partial charge in [-0.1, -0.05) is 24.0 Å². The summed E-state index contributed by atoms with van der Waals surface area (Å²) in [5.74, 6) is -0.345. The van der Waals surface area contributed by atoms with Crippen LogP contribution in [0.1, 0.15) is 13.8 Å². The molecule has 1 saturated heterocycles. The van der Waals surface area contributed by atoms with Crippen LogP contribution < -0.4 is 5.43 Å². The maximum absolute atomic E-state index is 11.3. The van der Waals surface area contributed by atoms with Crippen LogP contribution in [0.25, 0.3) is 0 Å². The molecule has 0 aromatic heterocycles. The van der Waals surface area contributed by atoms with Crippen molar-refractivity contribution in [3.05, 3.63) is 0 Å². The molecule has 0 aliphatic carbocycles. The highest BCUT2D eigenvalue weighted by atomic mass is 32.2. The molecule has 0 spiro atoms. The lowest BCUT2D eigenvalue weighted by molar-refractivity contribution is -0.123. The van der Waals surface area contributed by atoms with Crippen LogP contribution in [0.3, 0.4) is 0 Å². The van der Waals surface area contributed by atoms with E-state index in [-0.39, 0.29) is 11.6 Å². The van der Waals surface area contributed by atoms with Crippen molar-refractivity contribution in [3.8, 4) is 0 Å². The van der Waals surface area contributed by atoms with Crippen LogP contribution in [0.2, 0.25) is 0 Å². The Kier molecular flexibility index (Phi) is 6.04. The van der Waals surface area contributed by atoms with Crippen LogP contribution in [0.4, 0.5) is 0 Å². The lowest BCUT2D eigenvalue weighted by atomic mass is 10.2. The van der Waals surface area contributed by atoms with Gasteiger partial charge in [-0.2, -0.15) is 0 Å². The summed E-state index contributed by atoms with van der Waals surface area (Å²) in [5, 5.41) is 1.23. The van der Waals surface area contributed by atoms with Crippen molar-refractivity contribution in [2.75, 3.05) is 26.3 Å². The Bertz CT molecular complexity index is 303. The molecule has 1 aliphatic heterocycles. The number of ether oxygens (including phenoxy) is 1. The van der Waals surface area contributed by atoms with E-state index >= 15 is 0 Å². The van der Waals surface area contributed by atoms with Gasteiger partial charge in [-0.05, 0) is 13.8 Å². The number of morpholine rings is 1. The highest BCUT2D eigenvalue weighted by molar-refractivity contribution is 8.24. The Hall–Kier alpha value is -0.500. The van der Waals surface area contributed by atoms with Gasteiger partial charge >= 0.3 is 0 Å². The molecule has 0 aromatic carbocycles. The van der Waals surface area contributed by atoms with Crippen molar-refractivity contribution in [1.29, 1.82) is 0 Å². The number of carbonyl (C=O) groups is 2. The minimum absolute atomic E-state index is 0.173. The minimum Gasteiger partial charge on any atom is -0.379 e. The molecule has 0 saturated carbocycles. The molecule has 1 fully saturated rings. The number of carbonyl (C=O) groups excluding carboxylic acids is 2. The lowest BCUT2D eigenvalue weighted by Gasteiger charge is -2.28. The largest absolute Gasteiger partial charge is 0.379 e. The van der Waals surface area contributed by atoms with E-state index in [1.807, 2.05) is 5.01 Å². The highest BCUT2D eigenvalue weighted by Gasteiger charge is 2.23. The summed E-state index contributed by atoms with van der Waals surface area (Å²) in [6, 6.07) is 0. The SMILES string of the molecule is CC(=O)C(SC(=S)NN1CCOCC1)C(C)=O. The number of nitrogens with zero attached hydrogens (tertiary/aromatic N) is 1. The average molecular weight is 276 g/mol. The number of ketones is 2. The number of hydrazine groups is 1. The van der Waals surface area contributed by atoms with Crippen molar-refractivity contribution >= 4 is 39.9 Å². The van der Waals surface area contributed by atoms with Crippen LogP contribution in [0.15, 0.2) is 0 Å². The first-order valence-corrected chi connectivity index (χ1v) is 6.60. The summed E-state index contributed by atoms with van der Waals surface area (Å²) < 4.78 is 5.65. The zero-order valence-electron chi connectivity index (χ0n) is 9.89. The van der Waals surface area contributed by atoms with Crippen LogP contribution in [0, 0.1) is 0 Å². The summed E-state index contributed by atoms with van der Waals surface area (Å²) in [5.41, 5.74) is 3.00. The summed E-state index contributed by atoms with van der Waals surface area (Å²) >= 11 is 6.21. The van der Waals surface area contributed by atoms with E-state index in [2.05, 4.69) is 5.43 Å². The molecule has 1 heterocycles. The molecule has 96 valence electrons. The second kappa shape index (κ2) is 7.05. The Labute approximate surface area is 110 Å². The Morgan fingerprint density at radius 3 is 2.29 bits per heavy atom. The fraction of sp³-hybridized carbons (Fsp3) is 0.700. The second-order valence-electron chi connectivity index (χ2n) is 3.72. The normalized spacial score (nSPS) is 16.9. The van der Waals surface area contributed by atoms with Gasteiger partial charge in [0, 0.05) is 13.1 Å². The first-order valence-electron chi connectivity index (χ1n) is 5.31. The zero-order valence-corrected chi connectivity index (χ0v) is 11.5. The molecule has 0 bridgehead atoms. The van der Waals surface area contributed by atoms with E-state index in [0.717, 1.165) is 24.9 Å². The topological polar surface area (TPSA) is 58.6 Å². The quantitative estimate of drug-likeness (QED) is 0.588. The number of Topliss-reactive ketones (excluding diaryl/α,β-unsaturated/α-hetero) is 2. The zero-order chi connectivity index (χ0) is 12.8. The van der Waals surface area contributed by atoms with Crippen LogP contribution in [-0.4, -0.2) is 52.4 Å². The number of thiocarbonyl (C=S) groups is 1.